The lowest BCUT2D eigenvalue weighted by Gasteiger charge is -2.31. The number of hydrogen-bond acceptors (Lipinski definition) is 2. The van der Waals surface area contributed by atoms with Crippen molar-refractivity contribution < 1.29 is 4.74 Å². The molecule has 0 N–H and O–H groups in total. The van der Waals surface area contributed by atoms with Gasteiger partial charge in [-0.15, -0.1) is 0 Å². The van der Waals surface area contributed by atoms with Crippen molar-refractivity contribution in [3.63, 3.8) is 0 Å². The molecule has 0 aromatic heterocycles. The molecule has 0 fully saturated rings. The molecule has 21 heavy (non-hydrogen) atoms. The summed E-state index contributed by atoms with van der Waals surface area (Å²) in [4.78, 5) is 2.44. The van der Waals surface area contributed by atoms with Crippen LogP contribution in [0.25, 0.3) is 0 Å². The molecule has 110 valence electrons. The van der Waals surface area contributed by atoms with Gasteiger partial charge < -0.3 is 9.64 Å². The average Bonchev–Trinajstić information content (AvgIpc) is 2.47. The van der Waals surface area contributed by atoms with Crippen molar-refractivity contribution >= 4 is 21.6 Å². The van der Waals surface area contributed by atoms with E-state index in [1.807, 2.05) is 24.3 Å². The predicted octanol–water partition coefficient (Wildman–Crippen LogP) is 4.59. The van der Waals surface area contributed by atoms with E-state index in [0.717, 1.165) is 23.3 Å². The van der Waals surface area contributed by atoms with E-state index in [0.29, 0.717) is 6.61 Å². The van der Waals surface area contributed by atoms with Crippen molar-refractivity contribution in [2.75, 3.05) is 24.6 Å². The first kappa shape index (κ1) is 14.5. The van der Waals surface area contributed by atoms with E-state index >= 15 is 0 Å². The first-order chi connectivity index (χ1) is 10.2. The molecule has 3 rings (SSSR count). The van der Waals surface area contributed by atoms with Gasteiger partial charge in [-0.25, -0.2) is 0 Å². The van der Waals surface area contributed by atoms with Crippen LogP contribution in [0.4, 0.5) is 5.69 Å². The summed E-state index contributed by atoms with van der Waals surface area (Å²) >= 11 is 3.47. The number of halogens is 1. The first-order valence-electron chi connectivity index (χ1n) is 7.45. The quantitative estimate of drug-likeness (QED) is 0.803. The number of hydrogen-bond donors (Lipinski definition) is 0. The van der Waals surface area contributed by atoms with E-state index in [1.54, 1.807) is 0 Å². The van der Waals surface area contributed by atoms with Crippen LogP contribution in [0.5, 0.6) is 5.75 Å². The predicted molar refractivity (Wildman–Crippen MR) is 91.4 cm³/mol. The fourth-order valence-electron chi connectivity index (χ4n) is 2.87. The molecular weight excluding hydrogens is 326 g/mol. The Balaban J connectivity index is 1.62. The van der Waals surface area contributed by atoms with Gasteiger partial charge in [-0.05, 0) is 49.6 Å². The Morgan fingerprint density at radius 3 is 2.95 bits per heavy atom. The minimum Gasteiger partial charge on any atom is -0.492 e. The molecule has 0 unspecified atom stereocenters. The fraction of sp³-hybridized carbons (Fsp3) is 0.333. The third-order valence-electron chi connectivity index (χ3n) is 3.88. The molecule has 0 saturated carbocycles. The highest BCUT2D eigenvalue weighted by Crippen LogP contribution is 2.27. The van der Waals surface area contributed by atoms with E-state index in [1.165, 1.54) is 29.7 Å². The van der Waals surface area contributed by atoms with Gasteiger partial charge in [-0.3, -0.25) is 0 Å². The fourth-order valence-corrected chi connectivity index (χ4v) is 3.24. The van der Waals surface area contributed by atoms with Crippen molar-refractivity contribution in [3.8, 4) is 5.75 Å². The highest BCUT2D eigenvalue weighted by Gasteiger charge is 2.16. The van der Waals surface area contributed by atoms with E-state index in [4.69, 9.17) is 4.74 Å². The van der Waals surface area contributed by atoms with Gasteiger partial charge in [-0.2, -0.15) is 0 Å². The lowest BCUT2D eigenvalue weighted by Crippen LogP contribution is -2.33. The maximum atomic E-state index is 5.86. The Labute approximate surface area is 134 Å². The molecule has 0 aliphatic carbocycles. The topological polar surface area (TPSA) is 12.5 Å². The van der Waals surface area contributed by atoms with Crippen LogP contribution in [0.1, 0.15) is 17.5 Å². The summed E-state index contributed by atoms with van der Waals surface area (Å²) in [6.45, 7) is 4.93. The molecular formula is C18H20BrNO. The van der Waals surface area contributed by atoms with Gasteiger partial charge in [0.25, 0.3) is 0 Å². The van der Waals surface area contributed by atoms with Crippen molar-refractivity contribution in [1.29, 1.82) is 0 Å². The first-order valence-corrected chi connectivity index (χ1v) is 8.24. The molecule has 0 atom stereocenters. The molecule has 2 aromatic carbocycles. The summed E-state index contributed by atoms with van der Waals surface area (Å²) < 4.78 is 6.91. The van der Waals surface area contributed by atoms with Crippen molar-refractivity contribution in [2.45, 2.75) is 19.8 Å². The van der Waals surface area contributed by atoms with E-state index < -0.39 is 0 Å². The maximum Gasteiger partial charge on any atom is 0.120 e. The normalized spacial score (nSPS) is 13.9. The third-order valence-corrected chi connectivity index (χ3v) is 4.37. The monoisotopic (exact) mass is 345 g/mol. The number of benzene rings is 2. The summed E-state index contributed by atoms with van der Waals surface area (Å²) in [6, 6.07) is 14.8. The van der Waals surface area contributed by atoms with Crippen LogP contribution in [-0.4, -0.2) is 19.7 Å². The van der Waals surface area contributed by atoms with Crippen molar-refractivity contribution in [2.24, 2.45) is 0 Å². The molecule has 1 aliphatic heterocycles. The molecule has 2 nitrogen and oxygen atoms in total. The van der Waals surface area contributed by atoms with E-state index in [-0.39, 0.29) is 0 Å². The summed E-state index contributed by atoms with van der Waals surface area (Å²) in [7, 11) is 0. The van der Waals surface area contributed by atoms with E-state index in [2.05, 4.69) is 46.0 Å². The number of nitrogens with zero attached hydrogens (tertiary/aromatic N) is 1. The Hall–Kier alpha value is -1.48. The number of aryl methyl sites for hydroxylation is 2. The summed E-state index contributed by atoms with van der Waals surface area (Å²) in [5.41, 5.74) is 4.20. The van der Waals surface area contributed by atoms with Gasteiger partial charge in [0.15, 0.2) is 0 Å². The van der Waals surface area contributed by atoms with Crippen LogP contribution < -0.4 is 9.64 Å². The number of ether oxygens (including phenoxy) is 1. The summed E-state index contributed by atoms with van der Waals surface area (Å²) in [5, 5.41) is 0. The number of fused-ring (bicyclic) bond motifs is 1. The van der Waals surface area contributed by atoms with Crippen LogP contribution >= 0.6 is 15.9 Å². The van der Waals surface area contributed by atoms with Gasteiger partial charge in [0.1, 0.15) is 12.4 Å². The smallest absolute Gasteiger partial charge is 0.120 e. The zero-order chi connectivity index (χ0) is 14.7. The van der Waals surface area contributed by atoms with E-state index in [9.17, 15) is 0 Å². The Bertz CT molecular complexity index is 626. The second-order valence-electron chi connectivity index (χ2n) is 5.53. The van der Waals surface area contributed by atoms with Crippen molar-refractivity contribution in [1.82, 2.24) is 0 Å². The molecule has 2 aromatic rings. The average molecular weight is 346 g/mol. The lowest BCUT2D eigenvalue weighted by atomic mass is 10.00. The Morgan fingerprint density at radius 1 is 1.19 bits per heavy atom. The number of anilines is 1. The van der Waals surface area contributed by atoms with Gasteiger partial charge in [0.2, 0.25) is 0 Å². The molecule has 0 bridgehead atoms. The van der Waals surface area contributed by atoms with Crippen LogP contribution in [0.15, 0.2) is 46.9 Å². The zero-order valence-corrected chi connectivity index (χ0v) is 13.9. The van der Waals surface area contributed by atoms with Crippen LogP contribution in [0, 0.1) is 6.92 Å². The molecule has 3 heteroatoms. The maximum absolute atomic E-state index is 5.86. The van der Waals surface area contributed by atoms with Crippen LogP contribution in [0.3, 0.4) is 0 Å². The van der Waals surface area contributed by atoms with Crippen molar-refractivity contribution in [3.05, 3.63) is 58.1 Å². The summed E-state index contributed by atoms with van der Waals surface area (Å²) in [5.74, 6) is 0.922. The van der Waals surface area contributed by atoms with Crippen LogP contribution in [-0.2, 0) is 6.42 Å². The van der Waals surface area contributed by atoms with Gasteiger partial charge in [-0.1, -0.05) is 39.7 Å². The summed E-state index contributed by atoms with van der Waals surface area (Å²) in [6.07, 6.45) is 2.42. The molecule has 0 saturated heterocycles. The lowest BCUT2D eigenvalue weighted by molar-refractivity contribution is 0.322. The molecule has 1 heterocycles. The second-order valence-corrected chi connectivity index (χ2v) is 6.44. The third kappa shape index (κ3) is 3.59. The minimum atomic E-state index is 0.712. The zero-order valence-electron chi connectivity index (χ0n) is 12.3. The largest absolute Gasteiger partial charge is 0.492 e. The minimum absolute atomic E-state index is 0.712. The van der Waals surface area contributed by atoms with Gasteiger partial charge in [0, 0.05) is 16.7 Å². The second kappa shape index (κ2) is 6.52. The van der Waals surface area contributed by atoms with Gasteiger partial charge >= 0.3 is 0 Å². The SMILES string of the molecule is Cc1ccc2c(c1)CCCN2CCOc1cccc(Br)c1. The van der Waals surface area contributed by atoms with Gasteiger partial charge in [0.05, 0.1) is 6.54 Å². The Kier molecular flexibility index (Phi) is 4.49. The highest BCUT2D eigenvalue weighted by atomic mass is 79.9. The molecule has 0 spiro atoms. The standard InChI is InChI=1S/C18H20BrNO/c1-14-7-8-18-15(12-14)4-3-9-20(18)10-11-21-17-6-2-5-16(19)13-17/h2,5-8,12-13H,3-4,9-11H2,1H3. The molecule has 0 radical (unpaired) electrons. The Morgan fingerprint density at radius 2 is 2.10 bits per heavy atom. The molecule has 0 amide bonds. The number of rotatable bonds is 4. The van der Waals surface area contributed by atoms with Crippen LogP contribution in [0.2, 0.25) is 0 Å². The highest BCUT2D eigenvalue weighted by molar-refractivity contribution is 9.10. The molecule has 1 aliphatic rings.